The number of halogens is 1. The molecule has 4 heteroatoms. The van der Waals surface area contributed by atoms with Crippen molar-refractivity contribution in [3.63, 3.8) is 0 Å². The lowest BCUT2D eigenvalue weighted by Gasteiger charge is -2.12. The number of nitrogens with one attached hydrogen (secondary N) is 1. The van der Waals surface area contributed by atoms with Crippen LogP contribution in [0.15, 0.2) is 67.0 Å². The minimum absolute atomic E-state index is 0.716. The molecule has 3 rings (SSSR count). The second-order valence-electron chi connectivity index (χ2n) is 4.77. The third kappa shape index (κ3) is 3.44. The van der Waals surface area contributed by atoms with Crippen LogP contribution < -0.4 is 5.32 Å². The fourth-order valence-electron chi connectivity index (χ4n) is 2.25. The lowest BCUT2D eigenvalue weighted by atomic mass is 10.1. The van der Waals surface area contributed by atoms with E-state index in [2.05, 4.69) is 34.7 Å². The smallest absolute Gasteiger partial charge is 0.0877 e. The van der Waals surface area contributed by atoms with Gasteiger partial charge in [-0.1, -0.05) is 41.9 Å². The first-order valence-electron chi connectivity index (χ1n) is 6.90. The summed E-state index contributed by atoms with van der Waals surface area (Å²) in [6.45, 7) is 0.846. The maximum Gasteiger partial charge on any atom is 0.0877 e. The van der Waals surface area contributed by atoms with Crippen LogP contribution in [0, 0.1) is 0 Å². The van der Waals surface area contributed by atoms with Crippen molar-refractivity contribution < 1.29 is 0 Å². The van der Waals surface area contributed by atoms with Gasteiger partial charge in [-0.3, -0.25) is 0 Å². The molecule has 2 aromatic carbocycles. The molecule has 0 aliphatic heterocycles. The molecule has 106 valence electrons. The molecular formula is C17H16ClN3. The average Bonchev–Trinajstić information content (AvgIpc) is 3.03. The first-order valence-corrected chi connectivity index (χ1v) is 7.28. The summed E-state index contributed by atoms with van der Waals surface area (Å²) in [6.07, 6.45) is 4.65. The highest BCUT2D eigenvalue weighted by Crippen LogP contribution is 2.24. The van der Waals surface area contributed by atoms with Gasteiger partial charge < -0.3 is 5.32 Å². The molecule has 3 nitrogen and oxygen atoms in total. The Bertz CT molecular complexity index is 693. The molecule has 1 N–H and O–H groups in total. The molecule has 0 spiro atoms. The highest BCUT2D eigenvalue weighted by Gasteiger charge is 2.05. The summed E-state index contributed by atoms with van der Waals surface area (Å²) in [6, 6.07) is 18.1. The van der Waals surface area contributed by atoms with Crippen molar-refractivity contribution >= 4 is 17.3 Å². The Morgan fingerprint density at radius 3 is 2.67 bits per heavy atom. The number of rotatable bonds is 5. The standard InChI is InChI=1S/C17H16ClN3/c18-15-7-8-17(21-12-4-10-20-21)16(13-15)19-11-9-14-5-2-1-3-6-14/h1-8,10,12-13,19H,9,11H2. The molecule has 21 heavy (non-hydrogen) atoms. The van der Waals surface area contributed by atoms with Gasteiger partial charge in [0.25, 0.3) is 0 Å². The topological polar surface area (TPSA) is 29.9 Å². The minimum atomic E-state index is 0.716. The van der Waals surface area contributed by atoms with Gasteiger partial charge >= 0.3 is 0 Å². The number of nitrogens with zero attached hydrogens (tertiary/aromatic N) is 2. The van der Waals surface area contributed by atoms with Crippen molar-refractivity contribution in [2.75, 3.05) is 11.9 Å². The monoisotopic (exact) mass is 297 g/mol. The molecule has 0 aliphatic carbocycles. The second kappa shape index (κ2) is 6.46. The Morgan fingerprint density at radius 1 is 1.05 bits per heavy atom. The largest absolute Gasteiger partial charge is 0.383 e. The first-order chi connectivity index (χ1) is 10.3. The number of hydrogen-bond acceptors (Lipinski definition) is 2. The van der Waals surface area contributed by atoms with Crippen LogP contribution in [0.3, 0.4) is 0 Å². The van der Waals surface area contributed by atoms with E-state index < -0.39 is 0 Å². The van der Waals surface area contributed by atoms with Crippen LogP contribution in [0.4, 0.5) is 5.69 Å². The molecule has 1 heterocycles. The fraction of sp³-hybridized carbons (Fsp3) is 0.118. The molecule has 0 fully saturated rings. The second-order valence-corrected chi connectivity index (χ2v) is 5.21. The highest BCUT2D eigenvalue weighted by atomic mass is 35.5. The molecule has 0 bridgehead atoms. The summed E-state index contributed by atoms with van der Waals surface area (Å²) in [4.78, 5) is 0. The Balaban J connectivity index is 1.74. The van der Waals surface area contributed by atoms with Gasteiger partial charge in [-0.05, 0) is 36.2 Å². The minimum Gasteiger partial charge on any atom is -0.383 e. The van der Waals surface area contributed by atoms with Crippen molar-refractivity contribution in [2.24, 2.45) is 0 Å². The van der Waals surface area contributed by atoms with Crippen molar-refractivity contribution in [3.05, 3.63) is 77.6 Å². The van der Waals surface area contributed by atoms with E-state index in [-0.39, 0.29) is 0 Å². The van der Waals surface area contributed by atoms with Gasteiger partial charge in [0.2, 0.25) is 0 Å². The van der Waals surface area contributed by atoms with Gasteiger partial charge in [-0.2, -0.15) is 5.10 Å². The summed E-state index contributed by atoms with van der Waals surface area (Å²) in [5.41, 5.74) is 3.30. The fourth-order valence-corrected chi connectivity index (χ4v) is 2.42. The molecule has 0 saturated heterocycles. The van der Waals surface area contributed by atoms with Crippen LogP contribution in [0.1, 0.15) is 5.56 Å². The molecule has 1 aromatic heterocycles. The van der Waals surface area contributed by atoms with Gasteiger partial charge in [0.05, 0.1) is 11.4 Å². The van der Waals surface area contributed by atoms with E-state index in [0.717, 1.165) is 24.3 Å². The lowest BCUT2D eigenvalue weighted by molar-refractivity contribution is 0.878. The Morgan fingerprint density at radius 2 is 1.90 bits per heavy atom. The van der Waals surface area contributed by atoms with E-state index in [0.29, 0.717) is 5.02 Å². The normalized spacial score (nSPS) is 10.5. The van der Waals surface area contributed by atoms with Crippen molar-refractivity contribution in [3.8, 4) is 5.69 Å². The van der Waals surface area contributed by atoms with Crippen LogP contribution in [0.25, 0.3) is 5.69 Å². The van der Waals surface area contributed by atoms with E-state index >= 15 is 0 Å². The molecule has 0 amide bonds. The zero-order chi connectivity index (χ0) is 14.5. The van der Waals surface area contributed by atoms with Crippen LogP contribution in [0.2, 0.25) is 5.02 Å². The van der Waals surface area contributed by atoms with Crippen LogP contribution in [0.5, 0.6) is 0 Å². The predicted octanol–water partition coefficient (Wildman–Crippen LogP) is 4.18. The SMILES string of the molecule is Clc1ccc(-n2cccn2)c(NCCc2ccccc2)c1. The van der Waals surface area contributed by atoms with Gasteiger partial charge in [-0.15, -0.1) is 0 Å². The first kappa shape index (κ1) is 13.7. The van der Waals surface area contributed by atoms with Gasteiger partial charge in [0.15, 0.2) is 0 Å². The van der Waals surface area contributed by atoms with E-state index in [1.54, 1.807) is 6.20 Å². The maximum absolute atomic E-state index is 6.10. The number of aromatic nitrogens is 2. The van der Waals surface area contributed by atoms with Gasteiger partial charge in [0, 0.05) is 24.0 Å². The molecular weight excluding hydrogens is 282 g/mol. The summed E-state index contributed by atoms with van der Waals surface area (Å²) < 4.78 is 1.83. The van der Waals surface area contributed by atoms with Crippen molar-refractivity contribution in [1.82, 2.24) is 9.78 Å². The van der Waals surface area contributed by atoms with E-state index in [9.17, 15) is 0 Å². The third-order valence-corrected chi connectivity index (χ3v) is 3.52. The molecule has 0 unspecified atom stereocenters. The lowest BCUT2D eigenvalue weighted by Crippen LogP contribution is -2.08. The quantitative estimate of drug-likeness (QED) is 0.765. The van der Waals surface area contributed by atoms with Gasteiger partial charge in [-0.25, -0.2) is 4.68 Å². The van der Waals surface area contributed by atoms with E-state index in [4.69, 9.17) is 11.6 Å². The van der Waals surface area contributed by atoms with Crippen molar-refractivity contribution in [1.29, 1.82) is 0 Å². The Kier molecular flexibility index (Phi) is 4.22. The van der Waals surface area contributed by atoms with Crippen LogP contribution in [-0.4, -0.2) is 16.3 Å². The molecule has 0 atom stereocenters. The number of benzene rings is 2. The number of hydrogen-bond donors (Lipinski definition) is 1. The van der Waals surface area contributed by atoms with E-state index in [1.165, 1.54) is 5.56 Å². The van der Waals surface area contributed by atoms with E-state index in [1.807, 2.05) is 41.2 Å². The summed E-state index contributed by atoms with van der Waals surface area (Å²) >= 11 is 6.10. The van der Waals surface area contributed by atoms with Crippen molar-refractivity contribution in [2.45, 2.75) is 6.42 Å². The summed E-state index contributed by atoms with van der Waals surface area (Å²) in [5.74, 6) is 0. The zero-order valence-electron chi connectivity index (χ0n) is 11.5. The zero-order valence-corrected chi connectivity index (χ0v) is 12.3. The summed E-state index contributed by atoms with van der Waals surface area (Å²) in [7, 11) is 0. The Labute approximate surface area is 129 Å². The predicted molar refractivity (Wildman–Crippen MR) is 87.2 cm³/mol. The Hall–Kier alpha value is -2.26. The molecule has 0 aliphatic rings. The molecule has 3 aromatic rings. The number of anilines is 1. The maximum atomic E-state index is 6.10. The summed E-state index contributed by atoms with van der Waals surface area (Å²) in [5, 5.41) is 8.44. The molecule has 0 radical (unpaired) electrons. The highest BCUT2D eigenvalue weighted by molar-refractivity contribution is 6.31. The third-order valence-electron chi connectivity index (χ3n) is 3.28. The average molecular weight is 298 g/mol. The van der Waals surface area contributed by atoms with Crippen LogP contribution >= 0.6 is 11.6 Å². The van der Waals surface area contributed by atoms with Crippen LogP contribution in [-0.2, 0) is 6.42 Å². The van der Waals surface area contributed by atoms with Gasteiger partial charge in [0.1, 0.15) is 0 Å². The molecule has 0 saturated carbocycles.